The minimum absolute atomic E-state index is 0.136. The van der Waals surface area contributed by atoms with Crippen LogP contribution in [0.5, 0.6) is 5.75 Å². The number of hydrogen-bond donors (Lipinski definition) is 2. The van der Waals surface area contributed by atoms with Crippen molar-refractivity contribution >= 4 is 5.82 Å². The highest BCUT2D eigenvalue weighted by Gasteiger charge is 2.09. The lowest BCUT2D eigenvalue weighted by molar-refractivity contribution is 0.477. The van der Waals surface area contributed by atoms with Crippen molar-refractivity contribution in [1.82, 2.24) is 19.5 Å². The molecular formula is C19H21N5O2. The van der Waals surface area contributed by atoms with E-state index in [1.54, 1.807) is 29.7 Å². The van der Waals surface area contributed by atoms with Crippen LogP contribution in [0.1, 0.15) is 17.1 Å². The second kappa shape index (κ2) is 7.35. The van der Waals surface area contributed by atoms with E-state index in [0.717, 1.165) is 17.1 Å². The Labute approximate surface area is 151 Å². The molecule has 7 nitrogen and oxygen atoms in total. The van der Waals surface area contributed by atoms with E-state index in [4.69, 9.17) is 0 Å². The van der Waals surface area contributed by atoms with Crippen molar-refractivity contribution in [3.05, 3.63) is 64.0 Å². The quantitative estimate of drug-likeness (QED) is 0.733. The van der Waals surface area contributed by atoms with E-state index in [1.165, 1.54) is 0 Å². The predicted octanol–water partition coefficient (Wildman–Crippen LogP) is 2.44. The summed E-state index contributed by atoms with van der Waals surface area (Å²) in [5.74, 6) is 1.23. The van der Waals surface area contributed by atoms with Crippen molar-refractivity contribution in [3.63, 3.8) is 0 Å². The van der Waals surface area contributed by atoms with Crippen molar-refractivity contribution < 1.29 is 5.11 Å². The molecule has 0 saturated carbocycles. The summed E-state index contributed by atoms with van der Waals surface area (Å²) in [5, 5.41) is 13.2. The molecule has 134 valence electrons. The van der Waals surface area contributed by atoms with Crippen LogP contribution in [0.2, 0.25) is 0 Å². The number of phenolic OH excluding ortho intramolecular Hbond substituents is 1. The summed E-state index contributed by atoms with van der Waals surface area (Å²) in [5.41, 5.74) is 2.70. The van der Waals surface area contributed by atoms with E-state index in [-0.39, 0.29) is 11.4 Å². The molecule has 0 atom stereocenters. The molecule has 0 fully saturated rings. The fourth-order valence-electron chi connectivity index (χ4n) is 2.78. The summed E-state index contributed by atoms with van der Waals surface area (Å²) < 4.78 is 1.62. The number of nitrogens with zero attached hydrogens (tertiary/aromatic N) is 4. The average Bonchev–Trinajstić information content (AvgIpc) is 2.57. The van der Waals surface area contributed by atoms with E-state index < -0.39 is 0 Å². The van der Waals surface area contributed by atoms with Gasteiger partial charge >= 0.3 is 5.69 Å². The van der Waals surface area contributed by atoms with Crippen LogP contribution in [0.25, 0.3) is 11.4 Å². The molecule has 26 heavy (non-hydrogen) atoms. The maximum atomic E-state index is 12.0. The predicted molar refractivity (Wildman–Crippen MR) is 100 cm³/mol. The zero-order valence-electron chi connectivity index (χ0n) is 15.0. The van der Waals surface area contributed by atoms with Gasteiger partial charge in [0.25, 0.3) is 0 Å². The van der Waals surface area contributed by atoms with Gasteiger partial charge in [-0.1, -0.05) is 12.1 Å². The Kier molecular flexibility index (Phi) is 4.97. The van der Waals surface area contributed by atoms with Gasteiger partial charge in [-0.15, -0.1) is 0 Å². The minimum Gasteiger partial charge on any atom is -0.507 e. The van der Waals surface area contributed by atoms with Crippen molar-refractivity contribution in [1.29, 1.82) is 0 Å². The lowest BCUT2D eigenvalue weighted by Gasteiger charge is -2.12. The Hall–Kier alpha value is -3.22. The van der Waals surface area contributed by atoms with Crippen molar-refractivity contribution in [2.75, 3.05) is 11.9 Å². The number of nitrogens with one attached hydrogen (secondary N) is 1. The molecule has 7 heteroatoms. The van der Waals surface area contributed by atoms with E-state index in [0.29, 0.717) is 30.3 Å². The van der Waals surface area contributed by atoms with Crippen molar-refractivity contribution in [3.8, 4) is 17.1 Å². The minimum atomic E-state index is -0.252. The van der Waals surface area contributed by atoms with Gasteiger partial charge in [0.05, 0.1) is 5.56 Å². The van der Waals surface area contributed by atoms with E-state index in [2.05, 4.69) is 20.3 Å². The van der Waals surface area contributed by atoms with Crippen LogP contribution in [-0.4, -0.2) is 31.2 Å². The van der Waals surface area contributed by atoms with Gasteiger partial charge in [-0.2, -0.15) is 4.98 Å². The third-order valence-electron chi connectivity index (χ3n) is 3.99. The van der Waals surface area contributed by atoms with Crippen LogP contribution in [0, 0.1) is 20.8 Å². The first-order valence-corrected chi connectivity index (χ1v) is 8.37. The van der Waals surface area contributed by atoms with Crippen LogP contribution in [0.4, 0.5) is 5.82 Å². The Morgan fingerprint density at radius 3 is 2.50 bits per heavy atom. The van der Waals surface area contributed by atoms with Crippen molar-refractivity contribution in [2.45, 2.75) is 27.3 Å². The molecule has 3 aromatic rings. The number of aromatic hydroxyl groups is 1. The summed E-state index contributed by atoms with van der Waals surface area (Å²) in [6, 6.07) is 10.7. The molecule has 0 aliphatic heterocycles. The highest BCUT2D eigenvalue weighted by atomic mass is 16.3. The molecule has 2 heterocycles. The van der Waals surface area contributed by atoms with Crippen LogP contribution < -0.4 is 11.0 Å². The Balaban J connectivity index is 1.77. The molecule has 2 aromatic heterocycles. The lowest BCUT2D eigenvalue weighted by Crippen LogP contribution is -2.28. The molecule has 0 radical (unpaired) electrons. The normalized spacial score (nSPS) is 10.7. The molecule has 1 aromatic carbocycles. The van der Waals surface area contributed by atoms with Gasteiger partial charge in [-0.25, -0.2) is 14.8 Å². The number of benzene rings is 1. The Morgan fingerprint density at radius 2 is 1.77 bits per heavy atom. The molecule has 0 spiro atoms. The highest BCUT2D eigenvalue weighted by Crippen LogP contribution is 2.26. The monoisotopic (exact) mass is 351 g/mol. The largest absolute Gasteiger partial charge is 0.507 e. The van der Waals surface area contributed by atoms with Gasteiger partial charge in [-0.05, 0) is 39.0 Å². The van der Waals surface area contributed by atoms with Gasteiger partial charge in [-0.3, -0.25) is 4.57 Å². The highest BCUT2D eigenvalue weighted by molar-refractivity contribution is 5.64. The second-order valence-electron chi connectivity index (χ2n) is 6.14. The van der Waals surface area contributed by atoms with E-state index in [1.807, 2.05) is 32.0 Å². The molecule has 0 unspecified atom stereocenters. The number of aryl methyl sites for hydroxylation is 3. The average molecular weight is 351 g/mol. The maximum Gasteiger partial charge on any atom is 0.348 e. The van der Waals surface area contributed by atoms with Crippen LogP contribution in [0.15, 0.2) is 41.2 Å². The van der Waals surface area contributed by atoms with Gasteiger partial charge in [0.2, 0.25) is 0 Å². The molecular weight excluding hydrogens is 330 g/mol. The molecule has 0 bridgehead atoms. The lowest BCUT2D eigenvalue weighted by atomic mass is 10.2. The first-order valence-electron chi connectivity index (χ1n) is 8.37. The third kappa shape index (κ3) is 3.88. The summed E-state index contributed by atoms with van der Waals surface area (Å²) in [6.45, 7) is 6.56. The summed E-state index contributed by atoms with van der Waals surface area (Å²) in [7, 11) is 0. The summed E-state index contributed by atoms with van der Waals surface area (Å²) in [4.78, 5) is 24.8. The topological polar surface area (TPSA) is 92.9 Å². The zero-order chi connectivity index (χ0) is 18.7. The molecule has 0 amide bonds. The second-order valence-corrected chi connectivity index (χ2v) is 6.14. The third-order valence-corrected chi connectivity index (χ3v) is 3.99. The number of aromatic nitrogens is 4. The number of para-hydroxylation sites is 1. The number of phenols is 1. The fraction of sp³-hybridized carbons (Fsp3) is 0.263. The first-order chi connectivity index (χ1) is 12.4. The summed E-state index contributed by atoms with van der Waals surface area (Å²) >= 11 is 0. The zero-order valence-corrected chi connectivity index (χ0v) is 15.0. The molecule has 0 aliphatic carbocycles. The smallest absolute Gasteiger partial charge is 0.348 e. The summed E-state index contributed by atoms with van der Waals surface area (Å²) in [6.07, 6.45) is 0. The SMILES string of the molecule is Cc1cc(NCCn2c(C)cc(C)nc2=O)nc(-c2ccccc2O)n1. The number of rotatable bonds is 5. The van der Waals surface area contributed by atoms with Crippen LogP contribution in [0.3, 0.4) is 0 Å². The van der Waals surface area contributed by atoms with Crippen LogP contribution >= 0.6 is 0 Å². The molecule has 0 aliphatic rings. The molecule has 2 N–H and O–H groups in total. The molecule has 3 rings (SSSR count). The standard InChI is InChI=1S/C19H21N5O2/c1-12-10-14(3)24(19(26)22-12)9-8-20-17-11-13(2)21-18(23-17)15-6-4-5-7-16(15)25/h4-7,10-11,25H,8-9H2,1-3H3,(H,20,21,23). The maximum absolute atomic E-state index is 12.0. The van der Waals surface area contributed by atoms with Gasteiger partial charge in [0, 0.05) is 36.2 Å². The number of hydrogen-bond acceptors (Lipinski definition) is 6. The fourth-order valence-corrected chi connectivity index (χ4v) is 2.78. The Morgan fingerprint density at radius 1 is 1.04 bits per heavy atom. The Bertz CT molecular complexity index is 997. The van der Waals surface area contributed by atoms with Crippen molar-refractivity contribution in [2.24, 2.45) is 0 Å². The van der Waals surface area contributed by atoms with E-state index >= 15 is 0 Å². The first kappa shape index (κ1) is 17.6. The van der Waals surface area contributed by atoms with Gasteiger partial charge < -0.3 is 10.4 Å². The van der Waals surface area contributed by atoms with E-state index in [9.17, 15) is 9.90 Å². The van der Waals surface area contributed by atoms with Gasteiger partial charge in [0.1, 0.15) is 11.6 Å². The number of anilines is 1. The molecule has 0 saturated heterocycles. The van der Waals surface area contributed by atoms with Crippen LogP contribution in [-0.2, 0) is 6.54 Å². The van der Waals surface area contributed by atoms with Gasteiger partial charge in [0.15, 0.2) is 5.82 Å².